The van der Waals surface area contributed by atoms with E-state index in [9.17, 15) is 9.90 Å². The molecule has 0 bridgehead atoms. The Balaban J connectivity index is 1.49. The molecular formula is C23H28N4O3. The number of hydrogen-bond donors (Lipinski definition) is 4. The van der Waals surface area contributed by atoms with Crippen molar-refractivity contribution in [2.24, 2.45) is 4.99 Å². The molecule has 1 heterocycles. The Bertz CT molecular complexity index is 979. The van der Waals surface area contributed by atoms with Crippen molar-refractivity contribution in [1.82, 2.24) is 16.0 Å². The van der Waals surface area contributed by atoms with Crippen molar-refractivity contribution in [3.05, 3.63) is 65.9 Å². The lowest BCUT2D eigenvalue weighted by molar-refractivity contribution is 0.0953. The van der Waals surface area contributed by atoms with E-state index < -0.39 is 0 Å². The second-order valence-electron chi connectivity index (χ2n) is 6.97. The van der Waals surface area contributed by atoms with E-state index in [-0.39, 0.29) is 17.7 Å². The Morgan fingerprint density at radius 1 is 1.13 bits per heavy atom. The molecule has 158 valence electrons. The van der Waals surface area contributed by atoms with Crippen LogP contribution in [0.2, 0.25) is 0 Å². The summed E-state index contributed by atoms with van der Waals surface area (Å²) in [6, 6.07) is 16.2. The fourth-order valence-electron chi connectivity index (χ4n) is 3.03. The highest BCUT2D eigenvalue weighted by molar-refractivity contribution is 5.94. The van der Waals surface area contributed by atoms with Gasteiger partial charge in [0.05, 0.1) is 6.04 Å². The van der Waals surface area contributed by atoms with Crippen LogP contribution in [0.25, 0.3) is 11.0 Å². The highest BCUT2D eigenvalue weighted by atomic mass is 16.3. The first-order chi connectivity index (χ1) is 14.6. The lowest BCUT2D eigenvalue weighted by Crippen LogP contribution is -2.38. The van der Waals surface area contributed by atoms with Gasteiger partial charge in [-0.3, -0.25) is 9.79 Å². The molecule has 0 aliphatic heterocycles. The molecule has 4 N–H and O–H groups in total. The molecule has 1 unspecified atom stereocenters. The molecule has 0 spiro atoms. The molecule has 0 fully saturated rings. The standard InChI is InChI=1S/C23H28N4O3/c1-3-24-23(27-16(2)21-15-17-8-4-5-11-20(17)30-21)26-13-7-12-25-22(29)18-9-6-10-19(28)14-18/h4-6,8-11,14-16,28H,3,7,12-13H2,1-2H3,(H,25,29)(H2,24,26,27). The monoisotopic (exact) mass is 408 g/mol. The first kappa shape index (κ1) is 21.2. The van der Waals surface area contributed by atoms with Crippen LogP contribution in [0.15, 0.2) is 64.0 Å². The molecule has 30 heavy (non-hydrogen) atoms. The van der Waals surface area contributed by atoms with Crippen molar-refractivity contribution in [1.29, 1.82) is 0 Å². The van der Waals surface area contributed by atoms with Gasteiger partial charge in [0.1, 0.15) is 17.1 Å². The number of amides is 1. The molecular weight excluding hydrogens is 380 g/mol. The summed E-state index contributed by atoms with van der Waals surface area (Å²) in [6.07, 6.45) is 0.695. The molecule has 1 aromatic heterocycles. The second-order valence-corrected chi connectivity index (χ2v) is 6.97. The van der Waals surface area contributed by atoms with Gasteiger partial charge in [0.15, 0.2) is 5.96 Å². The minimum atomic E-state index is -0.210. The summed E-state index contributed by atoms with van der Waals surface area (Å²) < 4.78 is 5.92. The molecule has 7 nitrogen and oxygen atoms in total. The van der Waals surface area contributed by atoms with Crippen molar-refractivity contribution in [2.75, 3.05) is 19.6 Å². The van der Waals surface area contributed by atoms with Gasteiger partial charge in [-0.15, -0.1) is 0 Å². The van der Waals surface area contributed by atoms with E-state index >= 15 is 0 Å². The number of aromatic hydroxyl groups is 1. The Hall–Kier alpha value is -3.48. The number of carbonyl (C=O) groups is 1. The van der Waals surface area contributed by atoms with Gasteiger partial charge >= 0.3 is 0 Å². The lowest BCUT2D eigenvalue weighted by atomic mass is 10.2. The van der Waals surface area contributed by atoms with Gasteiger partial charge in [-0.1, -0.05) is 24.3 Å². The molecule has 0 radical (unpaired) electrons. The van der Waals surface area contributed by atoms with Crippen LogP contribution in [0.5, 0.6) is 5.75 Å². The number of nitrogens with one attached hydrogen (secondary N) is 3. The van der Waals surface area contributed by atoms with E-state index in [1.807, 2.05) is 44.2 Å². The van der Waals surface area contributed by atoms with Gasteiger partial charge in [-0.05, 0) is 50.6 Å². The third kappa shape index (κ3) is 5.76. The van der Waals surface area contributed by atoms with Crippen molar-refractivity contribution in [3.63, 3.8) is 0 Å². The fraction of sp³-hybridized carbons (Fsp3) is 0.304. The van der Waals surface area contributed by atoms with Crippen molar-refractivity contribution < 1.29 is 14.3 Å². The molecule has 0 saturated heterocycles. The summed E-state index contributed by atoms with van der Waals surface area (Å²) in [4.78, 5) is 16.7. The third-order valence-electron chi connectivity index (χ3n) is 4.57. The number of phenolic OH excluding ortho intramolecular Hbond substituents is 1. The normalized spacial score (nSPS) is 12.5. The molecule has 0 saturated carbocycles. The zero-order chi connectivity index (χ0) is 21.3. The summed E-state index contributed by atoms with van der Waals surface area (Å²) in [7, 11) is 0. The number of phenols is 1. The Morgan fingerprint density at radius 2 is 1.97 bits per heavy atom. The number of benzene rings is 2. The highest BCUT2D eigenvalue weighted by Crippen LogP contribution is 2.23. The number of hydrogen-bond acceptors (Lipinski definition) is 4. The Labute approximate surface area is 176 Å². The lowest BCUT2D eigenvalue weighted by Gasteiger charge is -2.16. The van der Waals surface area contributed by atoms with E-state index in [1.165, 1.54) is 12.1 Å². The average molecular weight is 409 g/mol. The molecule has 3 aromatic rings. The molecule has 2 aromatic carbocycles. The zero-order valence-electron chi connectivity index (χ0n) is 17.3. The van der Waals surface area contributed by atoms with Crippen LogP contribution in [-0.4, -0.2) is 36.6 Å². The van der Waals surface area contributed by atoms with Gasteiger partial charge in [0.2, 0.25) is 0 Å². The molecule has 1 atom stereocenters. The number of nitrogens with zero attached hydrogens (tertiary/aromatic N) is 1. The molecule has 7 heteroatoms. The van der Waals surface area contributed by atoms with Crippen LogP contribution < -0.4 is 16.0 Å². The third-order valence-corrected chi connectivity index (χ3v) is 4.57. The van der Waals surface area contributed by atoms with Crippen LogP contribution in [-0.2, 0) is 0 Å². The van der Waals surface area contributed by atoms with Crippen molar-refractivity contribution >= 4 is 22.8 Å². The van der Waals surface area contributed by atoms with Gasteiger partial charge in [0.25, 0.3) is 5.91 Å². The van der Waals surface area contributed by atoms with Crippen LogP contribution >= 0.6 is 0 Å². The number of furan rings is 1. The van der Waals surface area contributed by atoms with Crippen LogP contribution in [0.3, 0.4) is 0 Å². The van der Waals surface area contributed by atoms with E-state index in [0.29, 0.717) is 31.0 Å². The molecule has 1 amide bonds. The van der Waals surface area contributed by atoms with E-state index in [0.717, 1.165) is 23.3 Å². The van der Waals surface area contributed by atoms with Crippen molar-refractivity contribution in [2.45, 2.75) is 26.3 Å². The van der Waals surface area contributed by atoms with Gasteiger partial charge < -0.3 is 25.5 Å². The smallest absolute Gasteiger partial charge is 0.251 e. The summed E-state index contributed by atoms with van der Waals surface area (Å²) in [6.45, 7) is 5.84. The summed E-state index contributed by atoms with van der Waals surface area (Å²) in [5.74, 6) is 1.41. The first-order valence-electron chi connectivity index (χ1n) is 10.2. The summed E-state index contributed by atoms with van der Waals surface area (Å²) in [5.41, 5.74) is 1.30. The first-order valence-corrected chi connectivity index (χ1v) is 10.2. The maximum Gasteiger partial charge on any atom is 0.251 e. The Kier molecular flexibility index (Phi) is 7.32. The average Bonchev–Trinajstić information content (AvgIpc) is 3.18. The van der Waals surface area contributed by atoms with Crippen molar-refractivity contribution in [3.8, 4) is 5.75 Å². The highest BCUT2D eigenvalue weighted by Gasteiger charge is 2.13. The maximum atomic E-state index is 12.1. The summed E-state index contributed by atoms with van der Waals surface area (Å²) >= 11 is 0. The van der Waals surface area contributed by atoms with Gasteiger partial charge in [0, 0.05) is 30.6 Å². The number of guanidine groups is 1. The fourth-order valence-corrected chi connectivity index (χ4v) is 3.03. The second kappa shape index (κ2) is 10.3. The molecule has 3 rings (SSSR count). The quantitative estimate of drug-likeness (QED) is 0.259. The molecule has 0 aliphatic carbocycles. The topological polar surface area (TPSA) is 98.9 Å². The predicted octanol–water partition coefficient (Wildman–Crippen LogP) is 3.57. The largest absolute Gasteiger partial charge is 0.508 e. The number of rotatable bonds is 8. The number of para-hydroxylation sites is 1. The summed E-state index contributed by atoms with van der Waals surface area (Å²) in [5, 5.41) is 20.0. The van der Waals surface area contributed by atoms with Crippen LogP contribution in [0, 0.1) is 0 Å². The Morgan fingerprint density at radius 3 is 2.73 bits per heavy atom. The van der Waals surface area contributed by atoms with E-state index in [4.69, 9.17) is 4.42 Å². The van der Waals surface area contributed by atoms with Gasteiger partial charge in [-0.2, -0.15) is 0 Å². The SMILES string of the molecule is CCNC(=NCCCNC(=O)c1cccc(O)c1)NC(C)c1cc2ccccc2o1. The van der Waals surface area contributed by atoms with E-state index in [2.05, 4.69) is 20.9 Å². The van der Waals surface area contributed by atoms with Crippen LogP contribution in [0.1, 0.15) is 42.4 Å². The maximum absolute atomic E-state index is 12.1. The van der Waals surface area contributed by atoms with E-state index in [1.54, 1.807) is 12.1 Å². The number of fused-ring (bicyclic) bond motifs is 1. The number of aliphatic imine (C=N–C) groups is 1. The van der Waals surface area contributed by atoms with Gasteiger partial charge in [-0.25, -0.2) is 0 Å². The predicted molar refractivity (Wildman–Crippen MR) is 119 cm³/mol. The minimum absolute atomic E-state index is 0.0411. The van der Waals surface area contributed by atoms with Crippen LogP contribution in [0.4, 0.5) is 0 Å². The minimum Gasteiger partial charge on any atom is -0.508 e. The number of carbonyl (C=O) groups excluding carboxylic acids is 1. The molecule has 0 aliphatic rings. The zero-order valence-corrected chi connectivity index (χ0v) is 17.3.